The Balaban J connectivity index is 1.69. The van der Waals surface area contributed by atoms with Crippen molar-refractivity contribution in [3.05, 3.63) is 71.8 Å². The van der Waals surface area contributed by atoms with E-state index in [1.807, 2.05) is 48.5 Å². The van der Waals surface area contributed by atoms with Crippen molar-refractivity contribution < 1.29 is 8.42 Å². The molecule has 0 saturated carbocycles. The molecule has 1 atom stereocenters. The molecule has 1 aliphatic heterocycles. The maximum Gasteiger partial charge on any atom is 0.214 e. The average molecular weight is 344 g/mol. The minimum Gasteiger partial charge on any atom is -0.314 e. The second-order valence-corrected chi connectivity index (χ2v) is 8.25. The van der Waals surface area contributed by atoms with Gasteiger partial charge in [-0.15, -0.1) is 0 Å². The number of sulfonamides is 1. The van der Waals surface area contributed by atoms with Crippen molar-refractivity contribution in [2.75, 3.05) is 25.4 Å². The van der Waals surface area contributed by atoms with Gasteiger partial charge in [-0.05, 0) is 24.0 Å². The molecular weight excluding hydrogens is 320 g/mol. The zero-order valence-electron chi connectivity index (χ0n) is 13.8. The molecule has 128 valence electrons. The third-order valence-corrected chi connectivity index (χ3v) is 6.37. The van der Waals surface area contributed by atoms with Gasteiger partial charge in [0.25, 0.3) is 0 Å². The van der Waals surface area contributed by atoms with Crippen LogP contribution in [0.1, 0.15) is 11.1 Å². The van der Waals surface area contributed by atoms with Gasteiger partial charge in [0.2, 0.25) is 10.0 Å². The van der Waals surface area contributed by atoms with E-state index >= 15 is 0 Å². The van der Waals surface area contributed by atoms with E-state index in [0.29, 0.717) is 19.5 Å². The highest BCUT2D eigenvalue weighted by molar-refractivity contribution is 7.89. The van der Waals surface area contributed by atoms with Gasteiger partial charge in [-0.3, -0.25) is 0 Å². The van der Waals surface area contributed by atoms with Gasteiger partial charge in [0, 0.05) is 25.7 Å². The minimum atomic E-state index is -3.26. The van der Waals surface area contributed by atoms with Crippen LogP contribution in [0.2, 0.25) is 0 Å². The van der Waals surface area contributed by atoms with Gasteiger partial charge in [-0.1, -0.05) is 60.7 Å². The Morgan fingerprint density at radius 2 is 1.58 bits per heavy atom. The zero-order valence-corrected chi connectivity index (χ0v) is 14.6. The molecular formula is C19H24N2O2S. The standard InChI is InChI=1S/C19H24N2O2S/c22-24(23,14-11-17-7-3-1-4-8-17)21-13-12-20-16-19(21)15-18-9-5-2-6-10-18/h1-10,19-20H,11-16H2/t19-/m1/s1. The van der Waals surface area contributed by atoms with Crippen LogP contribution in [0.3, 0.4) is 0 Å². The summed E-state index contributed by atoms with van der Waals surface area (Å²) in [5.74, 6) is 0.169. The Bertz CT molecular complexity index is 732. The van der Waals surface area contributed by atoms with Crippen LogP contribution in [-0.2, 0) is 22.9 Å². The Morgan fingerprint density at radius 1 is 0.958 bits per heavy atom. The lowest BCUT2D eigenvalue weighted by Crippen LogP contribution is -2.55. The highest BCUT2D eigenvalue weighted by atomic mass is 32.2. The first-order valence-corrected chi connectivity index (χ1v) is 10.0. The molecule has 5 heteroatoms. The minimum absolute atomic E-state index is 0.0121. The van der Waals surface area contributed by atoms with E-state index in [1.54, 1.807) is 4.31 Å². The lowest BCUT2D eigenvalue weighted by Gasteiger charge is -2.35. The molecule has 0 aliphatic carbocycles. The van der Waals surface area contributed by atoms with Crippen LogP contribution in [-0.4, -0.2) is 44.2 Å². The van der Waals surface area contributed by atoms with E-state index in [9.17, 15) is 8.42 Å². The second-order valence-electron chi connectivity index (χ2n) is 6.21. The first kappa shape index (κ1) is 17.1. The molecule has 2 aromatic carbocycles. The van der Waals surface area contributed by atoms with Gasteiger partial charge < -0.3 is 5.32 Å². The van der Waals surface area contributed by atoms with Gasteiger partial charge in [-0.2, -0.15) is 4.31 Å². The van der Waals surface area contributed by atoms with Gasteiger partial charge in [0.1, 0.15) is 0 Å². The quantitative estimate of drug-likeness (QED) is 0.873. The van der Waals surface area contributed by atoms with E-state index < -0.39 is 10.0 Å². The fourth-order valence-corrected chi connectivity index (χ4v) is 4.88. The van der Waals surface area contributed by atoms with Crippen LogP contribution in [0.25, 0.3) is 0 Å². The normalized spacial score (nSPS) is 19.2. The van der Waals surface area contributed by atoms with E-state index in [1.165, 1.54) is 5.56 Å². The highest BCUT2D eigenvalue weighted by Crippen LogP contribution is 2.16. The summed E-state index contributed by atoms with van der Waals surface area (Å²) in [7, 11) is -3.26. The van der Waals surface area contributed by atoms with Crippen LogP contribution in [0.4, 0.5) is 0 Å². The summed E-state index contributed by atoms with van der Waals surface area (Å²) in [6.07, 6.45) is 1.31. The van der Waals surface area contributed by atoms with Crippen molar-refractivity contribution in [2.24, 2.45) is 0 Å². The summed E-state index contributed by atoms with van der Waals surface area (Å²) in [4.78, 5) is 0. The molecule has 24 heavy (non-hydrogen) atoms. The molecule has 1 fully saturated rings. The van der Waals surface area contributed by atoms with Crippen molar-refractivity contribution in [3.8, 4) is 0 Å². The molecule has 0 radical (unpaired) electrons. The summed E-state index contributed by atoms with van der Waals surface area (Å²) in [6, 6.07) is 19.9. The lowest BCUT2D eigenvalue weighted by atomic mass is 10.1. The number of piperazine rings is 1. The van der Waals surface area contributed by atoms with E-state index in [0.717, 1.165) is 18.5 Å². The molecule has 0 amide bonds. The summed E-state index contributed by atoms with van der Waals surface area (Å²) in [6.45, 7) is 1.98. The number of hydrogen-bond acceptors (Lipinski definition) is 3. The Hall–Kier alpha value is -1.69. The lowest BCUT2D eigenvalue weighted by molar-refractivity contribution is 0.266. The highest BCUT2D eigenvalue weighted by Gasteiger charge is 2.31. The fourth-order valence-electron chi connectivity index (χ4n) is 3.18. The molecule has 1 heterocycles. The predicted molar refractivity (Wildman–Crippen MR) is 97.4 cm³/mol. The van der Waals surface area contributed by atoms with Crippen molar-refractivity contribution in [1.29, 1.82) is 0 Å². The van der Waals surface area contributed by atoms with E-state index in [2.05, 4.69) is 17.4 Å². The predicted octanol–water partition coefficient (Wildman–Crippen LogP) is 2.08. The van der Waals surface area contributed by atoms with Crippen molar-refractivity contribution in [1.82, 2.24) is 9.62 Å². The molecule has 0 unspecified atom stereocenters. The Morgan fingerprint density at radius 3 is 2.25 bits per heavy atom. The number of benzene rings is 2. The van der Waals surface area contributed by atoms with Crippen LogP contribution < -0.4 is 5.32 Å². The third kappa shape index (κ3) is 4.44. The molecule has 3 rings (SSSR count). The van der Waals surface area contributed by atoms with Gasteiger partial charge >= 0.3 is 0 Å². The molecule has 1 aliphatic rings. The SMILES string of the molecule is O=S(=O)(CCc1ccccc1)N1CCNC[C@H]1Cc1ccccc1. The van der Waals surface area contributed by atoms with E-state index in [4.69, 9.17) is 0 Å². The zero-order chi connectivity index (χ0) is 16.8. The van der Waals surface area contributed by atoms with Crippen LogP contribution >= 0.6 is 0 Å². The van der Waals surface area contributed by atoms with Crippen LogP contribution in [0, 0.1) is 0 Å². The average Bonchev–Trinajstić information content (AvgIpc) is 2.62. The summed E-state index contributed by atoms with van der Waals surface area (Å²) < 4.78 is 27.4. The number of nitrogens with one attached hydrogen (secondary N) is 1. The molecule has 1 N–H and O–H groups in total. The molecule has 0 bridgehead atoms. The molecule has 2 aromatic rings. The Labute approximate surface area is 144 Å². The maximum absolute atomic E-state index is 12.9. The van der Waals surface area contributed by atoms with Crippen LogP contribution in [0.5, 0.6) is 0 Å². The summed E-state index contributed by atoms with van der Waals surface area (Å²) >= 11 is 0. The Kier molecular flexibility index (Phi) is 5.66. The first-order valence-electron chi connectivity index (χ1n) is 8.43. The molecule has 4 nitrogen and oxygen atoms in total. The number of aryl methyl sites for hydroxylation is 1. The van der Waals surface area contributed by atoms with Gasteiger partial charge in [0.05, 0.1) is 5.75 Å². The van der Waals surface area contributed by atoms with Crippen molar-refractivity contribution >= 4 is 10.0 Å². The third-order valence-electron chi connectivity index (χ3n) is 4.46. The molecule has 1 saturated heterocycles. The fraction of sp³-hybridized carbons (Fsp3) is 0.368. The summed E-state index contributed by atoms with van der Waals surface area (Å²) in [5.41, 5.74) is 2.24. The van der Waals surface area contributed by atoms with E-state index in [-0.39, 0.29) is 11.8 Å². The number of nitrogens with zero attached hydrogens (tertiary/aromatic N) is 1. The van der Waals surface area contributed by atoms with Crippen molar-refractivity contribution in [3.63, 3.8) is 0 Å². The topological polar surface area (TPSA) is 49.4 Å². The monoisotopic (exact) mass is 344 g/mol. The van der Waals surface area contributed by atoms with Crippen LogP contribution in [0.15, 0.2) is 60.7 Å². The van der Waals surface area contributed by atoms with Gasteiger partial charge in [-0.25, -0.2) is 8.42 Å². The summed E-state index contributed by atoms with van der Waals surface area (Å²) in [5, 5.41) is 3.32. The first-order chi connectivity index (χ1) is 11.6. The molecule has 0 aromatic heterocycles. The smallest absolute Gasteiger partial charge is 0.214 e. The maximum atomic E-state index is 12.9. The number of hydrogen-bond donors (Lipinski definition) is 1. The largest absolute Gasteiger partial charge is 0.314 e. The number of rotatable bonds is 6. The van der Waals surface area contributed by atoms with Crippen molar-refractivity contribution in [2.45, 2.75) is 18.9 Å². The second kappa shape index (κ2) is 7.92. The molecule has 0 spiro atoms. The van der Waals surface area contributed by atoms with Gasteiger partial charge in [0.15, 0.2) is 0 Å².